The fourth-order valence-corrected chi connectivity index (χ4v) is 6.18. The van der Waals surface area contributed by atoms with Crippen molar-refractivity contribution in [3.63, 3.8) is 0 Å². The Kier molecular flexibility index (Phi) is 8.86. The minimum absolute atomic E-state index is 0.228. The minimum atomic E-state index is -0.853. The van der Waals surface area contributed by atoms with E-state index in [1.165, 1.54) is 30.1 Å². The lowest BCUT2D eigenvalue weighted by Gasteiger charge is -2.25. The van der Waals surface area contributed by atoms with E-state index in [9.17, 15) is 9.59 Å². The second kappa shape index (κ2) is 12.6. The fourth-order valence-electron chi connectivity index (χ4n) is 4.69. The molecule has 0 saturated heterocycles. The molecule has 42 heavy (non-hydrogen) atoms. The molecule has 5 rings (SSSR count). The first-order valence-corrected chi connectivity index (χ1v) is 14.7. The number of hydrogen-bond donors (Lipinski definition) is 0. The van der Waals surface area contributed by atoms with Crippen LogP contribution in [0, 0.1) is 0 Å². The molecule has 1 aliphatic heterocycles. The number of halogens is 2. The van der Waals surface area contributed by atoms with Gasteiger partial charge in [-0.3, -0.25) is 9.36 Å². The van der Waals surface area contributed by atoms with Gasteiger partial charge >= 0.3 is 5.97 Å². The van der Waals surface area contributed by atoms with Crippen molar-refractivity contribution in [2.45, 2.75) is 19.6 Å². The number of ether oxygens (including phenoxy) is 4. The van der Waals surface area contributed by atoms with E-state index >= 15 is 0 Å². The summed E-state index contributed by atoms with van der Waals surface area (Å²) in [5, 5.41) is 0.432. The lowest BCUT2D eigenvalue weighted by Crippen LogP contribution is -2.40. The van der Waals surface area contributed by atoms with Crippen molar-refractivity contribution in [1.82, 2.24) is 4.57 Å². The van der Waals surface area contributed by atoms with E-state index in [0.29, 0.717) is 49.5 Å². The SMILES string of the molecule is COC(=O)C1=C(C)N=c2s/c(=C\c3ccc(OCc4ccc(Br)cc4)c(OC)c3)c(=O)n2[C@H]1c1cc(Cl)ccc1OC. The zero-order chi connectivity index (χ0) is 30.0. The fraction of sp³-hybridized carbons (Fsp3) is 0.194. The highest BCUT2D eigenvalue weighted by Crippen LogP contribution is 2.37. The Morgan fingerprint density at radius 2 is 1.74 bits per heavy atom. The lowest BCUT2D eigenvalue weighted by atomic mass is 9.95. The van der Waals surface area contributed by atoms with Gasteiger partial charge < -0.3 is 18.9 Å². The molecule has 0 unspecified atom stereocenters. The first-order valence-electron chi connectivity index (χ1n) is 12.7. The molecule has 4 aromatic rings. The Morgan fingerprint density at radius 1 is 1.02 bits per heavy atom. The normalized spacial score (nSPS) is 14.7. The summed E-state index contributed by atoms with van der Waals surface area (Å²) < 4.78 is 25.1. The van der Waals surface area contributed by atoms with Crippen LogP contribution in [0.15, 0.2) is 86.2 Å². The van der Waals surface area contributed by atoms with Crippen LogP contribution in [0.25, 0.3) is 6.08 Å². The summed E-state index contributed by atoms with van der Waals surface area (Å²) >= 11 is 11.0. The molecule has 0 aliphatic carbocycles. The van der Waals surface area contributed by atoms with E-state index < -0.39 is 12.0 Å². The number of carbonyl (C=O) groups is 1. The standard InChI is InChI=1S/C31H26BrClN2O6S/c1-17-27(30(37)40-4)28(22-15-21(33)10-12-23(22)38-2)35-29(36)26(42-31(35)34-17)14-19-7-11-24(25(13-19)39-3)41-16-18-5-8-20(32)9-6-18/h5-15,28H,16H2,1-4H3/b26-14-/t28-/m0/s1. The van der Waals surface area contributed by atoms with Gasteiger partial charge in [-0.05, 0) is 66.6 Å². The maximum absolute atomic E-state index is 13.9. The van der Waals surface area contributed by atoms with Gasteiger partial charge in [0.05, 0.1) is 37.1 Å². The van der Waals surface area contributed by atoms with Crippen LogP contribution < -0.4 is 29.1 Å². The van der Waals surface area contributed by atoms with Crippen LogP contribution in [-0.4, -0.2) is 31.9 Å². The molecule has 216 valence electrons. The third kappa shape index (κ3) is 5.88. The van der Waals surface area contributed by atoms with Crippen molar-refractivity contribution < 1.29 is 23.7 Å². The molecule has 0 bridgehead atoms. The Bertz CT molecular complexity index is 1880. The summed E-state index contributed by atoms with van der Waals surface area (Å²) in [4.78, 5) is 31.9. The summed E-state index contributed by atoms with van der Waals surface area (Å²) in [6.07, 6.45) is 1.76. The lowest BCUT2D eigenvalue weighted by molar-refractivity contribution is -0.136. The molecular formula is C31H26BrClN2O6S. The molecule has 11 heteroatoms. The number of allylic oxidation sites excluding steroid dienone is 1. The van der Waals surface area contributed by atoms with Gasteiger partial charge in [-0.2, -0.15) is 0 Å². The summed E-state index contributed by atoms with van der Waals surface area (Å²) in [7, 11) is 4.37. The third-order valence-electron chi connectivity index (χ3n) is 6.71. The quantitative estimate of drug-likeness (QED) is 0.233. The van der Waals surface area contributed by atoms with Gasteiger partial charge in [0.15, 0.2) is 16.3 Å². The number of hydrogen-bond acceptors (Lipinski definition) is 8. The number of carbonyl (C=O) groups excluding carboxylic acids is 1. The van der Waals surface area contributed by atoms with Gasteiger partial charge in [0.25, 0.3) is 5.56 Å². The van der Waals surface area contributed by atoms with E-state index in [-0.39, 0.29) is 11.1 Å². The Labute approximate surface area is 259 Å². The molecule has 2 heterocycles. The Morgan fingerprint density at radius 3 is 2.43 bits per heavy atom. The molecule has 0 radical (unpaired) electrons. The number of nitrogens with zero attached hydrogens (tertiary/aromatic N) is 2. The predicted molar refractivity (Wildman–Crippen MR) is 165 cm³/mol. The minimum Gasteiger partial charge on any atom is -0.496 e. The van der Waals surface area contributed by atoms with Crippen LogP contribution in [0.1, 0.15) is 29.7 Å². The summed E-state index contributed by atoms with van der Waals surface area (Å²) in [6, 6.07) is 17.5. The highest BCUT2D eigenvalue weighted by molar-refractivity contribution is 9.10. The third-order valence-corrected chi connectivity index (χ3v) is 8.45. The van der Waals surface area contributed by atoms with E-state index in [1.807, 2.05) is 30.3 Å². The van der Waals surface area contributed by atoms with Gasteiger partial charge in [0.2, 0.25) is 0 Å². The molecule has 1 aliphatic rings. The van der Waals surface area contributed by atoms with Crippen molar-refractivity contribution >= 4 is 50.9 Å². The van der Waals surface area contributed by atoms with Crippen LogP contribution in [0.5, 0.6) is 17.2 Å². The van der Waals surface area contributed by atoms with Crippen molar-refractivity contribution in [1.29, 1.82) is 0 Å². The van der Waals surface area contributed by atoms with E-state index in [4.69, 9.17) is 30.5 Å². The zero-order valence-electron chi connectivity index (χ0n) is 23.1. The molecule has 0 saturated carbocycles. The first kappa shape index (κ1) is 29.6. The molecular weight excluding hydrogens is 644 g/mol. The number of benzene rings is 3. The van der Waals surface area contributed by atoms with Gasteiger partial charge in [-0.25, -0.2) is 9.79 Å². The van der Waals surface area contributed by atoms with Crippen molar-refractivity contribution in [3.05, 3.63) is 118 Å². The number of rotatable bonds is 8. The molecule has 0 amide bonds. The van der Waals surface area contributed by atoms with Crippen molar-refractivity contribution in [3.8, 4) is 17.2 Å². The van der Waals surface area contributed by atoms with Crippen LogP contribution in [0.2, 0.25) is 5.02 Å². The van der Waals surface area contributed by atoms with Gasteiger partial charge in [0, 0.05) is 15.1 Å². The second-order valence-electron chi connectivity index (χ2n) is 9.29. The van der Waals surface area contributed by atoms with Crippen molar-refractivity contribution in [2.24, 2.45) is 4.99 Å². The van der Waals surface area contributed by atoms with E-state index in [0.717, 1.165) is 15.6 Å². The average Bonchev–Trinajstić information content (AvgIpc) is 3.29. The van der Waals surface area contributed by atoms with Crippen LogP contribution in [-0.2, 0) is 16.1 Å². The molecule has 8 nitrogen and oxygen atoms in total. The van der Waals surface area contributed by atoms with Gasteiger partial charge in [-0.1, -0.05) is 57.1 Å². The summed E-state index contributed by atoms with van der Waals surface area (Å²) in [5.41, 5.74) is 2.63. The topological polar surface area (TPSA) is 88.4 Å². The summed E-state index contributed by atoms with van der Waals surface area (Å²) in [6.45, 7) is 2.08. The smallest absolute Gasteiger partial charge is 0.338 e. The number of thiazole rings is 1. The number of fused-ring (bicyclic) bond motifs is 1. The maximum Gasteiger partial charge on any atom is 0.338 e. The van der Waals surface area contributed by atoms with E-state index in [1.54, 1.807) is 50.4 Å². The van der Waals surface area contributed by atoms with Gasteiger partial charge in [-0.15, -0.1) is 0 Å². The molecule has 1 aromatic heterocycles. The predicted octanol–water partition coefficient (Wildman–Crippen LogP) is 5.42. The van der Waals surface area contributed by atoms with Gasteiger partial charge in [0.1, 0.15) is 18.4 Å². The highest BCUT2D eigenvalue weighted by atomic mass is 79.9. The largest absolute Gasteiger partial charge is 0.496 e. The zero-order valence-corrected chi connectivity index (χ0v) is 26.3. The van der Waals surface area contributed by atoms with E-state index in [2.05, 4.69) is 20.9 Å². The summed E-state index contributed by atoms with van der Waals surface area (Å²) in [5.74, 6) is 0.976. The highest BCUT2D eigenvalue weighted by Gasteiger charge is 2.35. The Balaban J connectivity index is 1.57. The van der Waals surface area contributed by atoms with Crippen LogP contribution in [0.3, 0.4) is 0 Å². The van der Waals surface area contributed by atoms with Crippen molar-refractivity contribution in [2.75, 3.05) is 21.3 Å². The first-order chi connectivity index (χ1) is 20.2. The van der Waals surface area contributed by atoms with Crippen LogP contribution >= 0.6 is 38.9 Å². The Hall–Kier alpha value is -3.86. The molecule has 0 spiro atoms. The monoisotopic (exact) mass is 668 g/mol. The molecule has 1 atom stereocenters. The second-order valence-corrected chi connectivity index (χ2v) is 11.6. The number of aromatic nitrogens is 1. The molecule has 0 fully saturated rings. The maximum atomic E-state index is 13.9. The average molecular weight is 670 g/mol. The number of esters is 1. The molecule has 3 aromatic carbocycles. The van der Waals surface area contributed by atoms with Crippen LogP contribution in [0.4, 0.5) is 0 Å². The molecule has 0 N–H and O–H groups in total. The number of methoxy groups -OCH3 is 3.